The van der Waals surface area contributed by atoms with E-state index in [1.807, 2.05) is 0 Å². The third-order valence-electron chi connectivity index (χ3n) is 2.96. The van der Waals surface area contributed by atoms with E-state index in [4.69, 9.17) is 14.6 Å². The molecule has 126 valence electrons. The van der Waals surface area contributed by atoms with E-state index >= 15 is 0 Å². The summed E-state index contributed by atoms with van der Waals surface area (Å²) < 4.78 is 10.5. The predicted molar refractivity (Wildman–Crippen MR) is 78.3 cm³/mol. The highest BCUT2D eigenvalue weighted by molar-refractivity contribution is 5.85. The van der Waals surface area contributed by atoms with Gasteiger partial charge in [-0.1, -0.05) is 0 Å². The van der Waals surface area contributed by atoms with Gasteiger partial charge in [0, 0.05) is 6.54 Å². The van der Waals surface area contributed by atoms with Crippen LogP contribution in [0.25, 0.3) is 0 Å². The van der Waals surface area contributed by atoms with Crippen molar-refractivity contribution in [2.45, 2.75) is 65.2 Å². The molecule has 0 aromatic rings. The van der Waals surface area contributed by atoms with Crippen molar-refractivity contribution in [3.8, 4) is 0 Å². The lowest BCUT2D eigenvalue weighted by Gasteiger charge is -2.29. The zero-order valence-corrected chi connectivity index (χ0v) is 14.0. The van der Waals surface area contributed by atoms with Crippen LogP contribution in [0.15, 0.2) is 0 Å². The smallest absolute Gasteiger partial charge is 0.411 e. The number of esters is 1. The van der Waals surface area contributed by atoms with Crippen molar-refractivity contribution in [1.29, 1.82) is 0 Å². The van der Waals surface area contributed by atoms with Crippen LogP contribution in [0.2, 0.25) is 0 Å². The average molecular weight is 315 g/mol. The third-order valence-corrected chi connectivity index (χ3v) is 2.96. The van der Waals surface area contributed by atoms with E-state index < -0.39 is 41.2 Å². The van der Waals surface area contributed by atoms with E-state index in [9.17, 15) is 14.4 Å². The van der Waals surface area contributed by atoms with Crippen LogP contribution in [0, 0.1) is 5.92 Å². The predicted octanol–water partition coefficient (Wildman–Crippen LogP) is 2.04. The molecule has 0 spiro atoms. The van der Waals surface area contributed by atoms with Gasteiger partial charge in [0.25, 0.3) is 0 Å². The van der Waals surface area contributed by atoms with Crippen molar-refractivity contribution in [3.05, 3.63) is 0 Å². The Morgan fingerprint density at radius 2 is 1.50 bits per heavy atom. The molecule has 1 N–H and O–H groups in total. The van der Waals surface area contributed by atoms with E-state index in [0.29, 0.717) is 0 Å². The second-order valence-electron chi connectivity index (χ2n) is 7.45. The van der Waals surface area contributed by atoms with Gasteiger partial charge >= 0.3 is 18.0 Å². The summed E-state index contributed by atoms with van der Waals surface area (Å²) in [5.41, 5.74) is -1.44. The molecule has 7 nitrogen and oxygen atoms in total. The zero-order valence-electron chi connectivity index (χ0n) is 14.0. The normalized spacial score (nSPS) is 22.4. The van der Waals surface area contributed by atoms with Gasteiger partial charge in [-0.3, -0.25) is 9.69 Å². The molecule has 0 saturated carbocycles. The maximum absolute atomic E-state index is 12.2. The summed E-state index contributed by atoms with van der Waals surface area (Å²) in [6.07, 6.45) is -0.671. The lowest BCUT2D eigenvalue weighted by molar-refractivity contribution is -0.160. The summed E-state index contributed by atoms with van der Waals surface area (Å²) in [4.78, 5) is 36.8. The lowest BCUT2D eigenvalue weighted by atomic mass is 10.1. The summed E-state index contributed by atoms with van der Waals surface area (Å²) >= 11 is 0. The van der Waals surface area contributed by atoms with Gasteiger partial charge in [-0.25, -0.2) is 9.59 Å². The Morgan fingerprint density at radius 1 is 1.00 bits per heavy atom. The van der Waals surface area contributed by atoms with E-state index in [0.717, 1.165) is 4.90 Å². The maximum atomic E-state index is 12.2. The third kappa shape index (κ3) is 5.20. The van der Waals surface area contributed by atoms with Gasteiger partial charge in [-0.05, 0) is 48.0 Å². The van der Waals surface area contributed by atoms with Crippen LogP contribution in [0.5, 0.6) is 0 Å². The molecule has 7 heteroatoms. The van der Waals surface area contributed by atoms with Gasteiger partial charge in [0.15, 0.2) is 0 Å². The van der Waals surface area contributed by atoms with Crippen molar-refractivity contribution in [1.82, 2.24) is 4.90 Å². The number of rotatable bonds is 2. The van der Waals surface area contributed by atoms with Crippen molar-refractivity contribution in [3.63, 3.8) is 0 Å². The Kier molecular flexibility index (Phi) is 5.10. The molecule has 0 aromatic heterocycles. The number of aliphatic carboxylic acids is 1. The first-order valence-electron chi connectivity index (χ1n) is 7.25. The van der Waals surface area contributed by atoms with Crippen LogP contribution in [0.4, 0.5) is 4.79 Å². The van der Waals surface area contributed by atoms with Gasteiger partial charge in [0.2, 0.25) is 0 Å². The molecular formula is C15H25NO6. The first-order chi connectivity index (χ1) is 9.80. The number of amides is 1. The monoisotopic (exact) mass is 315 g/mol. The van der Waals surface area contributed by atoms with Crippen molar-refractivity contribution in [2.24, 2.45) is 5.92 Å². The van der Waals surface area contributed by atoms with E-state index in [-0.39, 0.29) is 13.0 Å². The summed E-state index contributed by atoms with van der Waals surface area (Å²) in [6.45, 7) is 10.2. The molecule has 1 saturated heterocycles. The van der Waals surface area contributed by atoms with Crippen molar-refractivity contribution >= 4 is 18.0 Å². The van der Waals surface area contributed by atoms with E-state index in [1.165, 1.54) is 0 Å². The zero-order chi connectivity index (χ0) is 17.3. The molecular weight excluding hydrogens is 290 g/mol. The van der Waals surface area contributed by atoms with Crippen LogP contribution in [0.3, 0.4) is 0 Å². The maximum Gasteiger partial charge on any atom is 0.411 e. The Hall–Kier alpha value is -1.79. The molecule has 1 heterocycles. The molecule has 1 rings (SSSR count). The molecule has 1 amide bonds. The second-order valence-corrected chi connectivity index (χ2v) is 7.45. The fourth-order valence-electron chi connectivity index (χ4n) is 2.13. The number of hydrogen-bond donors (Lipinski definition) is 1. The summed E-state index contributed by atoms with van der Waals surface area (Å²) in [5, 5.41) is 9.15. The first kappa shape index (κ1) is 18.3. The van der Waals surface area contributed by atoms with Crippen LogP contribution in [0.1, 0.15) is 48.0 Å². The molecule has 1 fully saturated rings. The SMILES string of the molecule is CC(C)(C)OC(=O)[C@@H]1C[C@H](C(=O)O)CN1C(=O)OC(C)(C)C. The Balaban J connectivity index is 2.92. The largest absolute Gasteiger partial charge is 0.481 e. The van der Waals surface area contributed by atoms with Crippen LogP contribution in [-0.2, 0) is 19.1 Å². The minimum absolute atomic E-state index is 0.0312. The van der Waals surface area contributed by atoms with Gasteiger partial charge < -0.3 is 14.6 Å². The fourth-order valence-corrected chi connectivity index (χ4v) is 2.13. The highest BCUT2D eigenvalue weighted by Gasteiger charge is 2.45. The average Bonchev–Trinajstić information content (AvgIpc) is 2.68. The molecule has 0 bridgehead atoms. The Bertz CT molecular complexity index is 424. The number of carbonyl (C=O) groups excluding carboxylic acids is 2. The summed E-state index contributed by atoms with van der Waals surface area (Å²) in [7, 11) is 0. The molecule has 0 radical (unpaired) electrons. The van der Waals surface area contributed by atoms with Crippen molar-refractivity contribution < 1.29 is 29.0 Å². The molecule has 0 aromatic carbocycles. The van der Waals surface area contributed by atoms with E-state index in [1.54, 1.807) is 41.5 Å². The highest BCUT2D eigenvalue weighted by atomic mass is 16.6. The number of carboxylic acids is 1. The van der Waals surface area contributed by atoms with E-state index in [2.05, 4.69) is 0 Å². The number of ether oxygens (including phenoxy) is 2. The summed E-state index contributed by atoms with van der Waals surface area (Å²) in [6, 6.07) is -0.935. The minimum atomic E-state index is -1.04. The molecule has 0 aliphatic carbocycles. The second kappa shape index (κ2) is 6.14. The van der Waals surface area contributed by atoms with Crippen LogP contribution < -0.4 is 0 Å². The number of hydrogen-bond acceptors (Lipinski definition) is 5. The van der Waals surface area contributed by atoms with Crippen LogP contribution >= 0.6 is 0 Å². The fraction of sp³-hybridized carbons (Fsp3) is 0.800. The number of carboxylic acid groups (broad SMARTS) is 1. The van der Waals surface area contributed by atoms with Gasteiger partial charge in [0.1, 0.15) is 17.2 Å². The molecule has 22 heavy (non-hydrogen) atoms. The van der Waals surface area contributed by atoms with Gasteiger partial charge in [0.05, 0.1) is 5.92 Å². The standard InChI is InChI=1S/C15H25NO6/c1-14(2,3)21-12(19)10-7-9(11(17)18)8-16(10)13(20)22-15(4,5)6/h9-10H,7-8H2,1-6H3,(H,17,18)/t9-,10-/m0/s1. The molecule has 1 aliphatic heterocycles. The molecule has 0 unspecified atom stereocenters. The topological polar surface area (TPSA) is 93.1 Å². The quantitative estimate of drug-likeness (QED) is 0.784. The Morgan fingerprint density at radius 3 is 1.91 bits per heavy atom. The van der Waals surface area contributed by atoms with Gasteiger partial charge in [-0.15, -0.1) is 0 Å². The number of likely N-dealkylation sites (tertiary alicyclic amines) is 1. The number of carbonyl (C=O) groups is 3. The molecule has 1 aliphatic rings. The first-order valence-corrected chi connectivity index (χ1v) is 7.25. The minimum Gasteiger partial charge on any atom is -0.481 e. The molecule has 2 atom stereocenters. The summed E-state index contributed by atoms with van der Waals surface area (Å²) in [5.74, 6) is -2.45. The lowest BCUT2D eigenvalue weighted by Crippen LogP contribution is -2.45. The van der Waals surface area contributed by atoms with Crippen molar-refractivity contribution in [2.75, 3.05) is 6.54 Å². The Labute approximate surface area is 130 Å². The highest BCUT2D eigenvalue weighted by Crippen LogP contribution is 2.27. The van der Waals surface area contributed by atoms with Gasteiger partial charge in [-0.2, -0.15) is 0 Å². The van der Waals surface area contributed by atoms with Crippen LogP contribution in [-0.4, -0.2) is 51.8 Å². The number of nitrogens with zero attached hydrogens (tertiary/aromatic N) is 1.